The number of hydrazone groups is 1. The summed E-state index contributed by atoms with van der Waals surface area (Å²) in [6.45, 7) is 8.60. The summed E-state index contributed by atoms with van der Waals surface area (Å²) in [5.74, 6) is 0.907. The number of carbonyl (C=O) groups is 1. The molecule has 0 spiro atoms. The molecule has 38 heavy (non-hydrogen) atoms. The average molecular weight is 553 g/mol. The van der Waals surface area contributed by atoms with E-state index in [1.807, 2.05) is 49.4 Å². The number of halogens is 2. The molecule has 1 heterocycles. The molecule has 0 aliphatic carbocycles. The van der Waals surface area contributed by atoms with Crippen molar-refractivity contribution in [1.82, 2.24) is 5.43 Å². The first-order chi connectivity index (χ1) is 18.5. The second-order valence-corrected chi connectivity index (χ2v) is 9.74. The molecular weight excluding hydrogens is 521 g/mol. The molecule has 3 aromatic carbocycles. The molecule has 4 rings (SSSR count). The van der Waals surface area contributed by atoms with E-state index in [0.29, 0.717) is 40.1 Å². The summed E-state index contributed by atoms with van der Waals surface area (Å²) in [6.07, 6.45) is 6.36. The Morgan fingerprint density at radius 3 is 2.50 bits per heavy atom. The zero-order chi connectivity index (χ0) is 26.9. The molecule has 1 aliphatic heterocycles. The van der Waals surface area contributed by atoms with Crippen LogP contribution in [0, 0.1) is 0 Å². The fourth-order valence-electron chi connectivity index (χ4n) is 4.31. The van der Waals surface area contributed by atoms with Gasteiger partial charge in [-0.05, 0) is 80.3 Å². The molecule has 0 bridgehead atoms. The van der Waals surface area contributed by atoms with Crippen molar-refractivity contribution in [3.63, 3.8) is 0 Å². The normalized spacial score (nSPS) is 13.1. The molecule has 1 aliphatic rings. The molecule has 0 unspecified atom stereocenters. The van der Waals surface area contributed by atoms with Gasteiger partial charge in [0.05, 0.1) is 12.8 Å². The van der Waals surface area contributed by atoms with Gasteiger partial charge < -0.3 is 14.4 Å². The fraction of sp³-hybridized carbons (Fsp3) is 0.267. The van der Waals surface area contributed by atoms with Crippen LogP contribution in [0.4, 0.5) is 5.69 Å². The molecule has 3 aromatic rings. The second-order valence-electron chi connectivity index (χ2n) is 8.90. The Bertz CT molecular complexity index is 1300. The number of nitrogens with one attached hydrogen (secondary N) is 1. The maximum atomic E-state index is 12.6. The van der Waals surface area contributed by atoms with Gasteiger partial charge in [0, 0.05) is 45.5 Å². The van der Waals surface area contributed by atoms with Crippen LogP contribution in [0.5, 0.6) is 11.5 Å². The lowest BCUT2D eigenvalue weighted by Gasteiger charge is -2.17. The number of benzene rings is 3. The lowest BCUT2D eigenvalue weighted by Crippen LogP contribution is -2.19. The highest BCUT2D eigenvalue weighted by Crippen LogP contribution is 2.35. The Hall–Kier alpha value is -3.48. The zero-order valence-electron chi connectivity index (χ0n) is 21.4. The number of allylic oxidation sites excluding steroid dienone is 1. The van der Waals surface area contributed by atoms with Crippen LogP contribution in [0.25, 0.3) is 0 Å². The quantitative estimate of drug-likeness (QED) is 0.157. The van der Waals surface area contributed by atoms with Crippen LogP contribution in [0.2, 0.25) is 10.0 Å². The molecule has 1 amide bonds. The molecule has 1 N–H and O–H groups in total. The Balaban J connectivity index is 1.47. The van der Waals surface area contributed by atoms with E-state index in [4.69, 9.17) is 32.7 Å². The SMILES string of the molecule is C=CCc1cc(/C=N\NC(=O)c2ccc(N3CCCC3)cc2)cc(OCC)c1OCc1ccc(Cl)cc1Cl. The number of hydrogen-bond donors (Lipinski definition) is 1. The molecule has 198 valence electrons. The number of hydrogen-bond acceptors (Lipinski definition) is 5. The number of ether oxygens (including phenoxy) is 2. The topological polar surface area (TPSA) is 63.2 Å². The van der Waals surface area contributed by atoms with Crippen molar-refractivity contribution in [2.75, 3.05) is 24.6 Å². The summed E-state index contributed by atoms with van der Waals surface area (Å²) in [6, 6.07) is 16.7. The summed E-state index contributed by atoms with van der Waals surface area (Å²) in [5, 5.41) is 5.28. The van der Waals surface area contributed by atoms with Crippen LogP contribution in [-0.4, -0.2) is 31.8 Å². The first-order valence-electron chi connectivity index (χ1n) is 12.6. The highest BCUT2D eigenvalue weighted by Gasteiger charge is 2.15. The standard InChI is InChI=1S/C30H31Cl2N3O3/c1-3-7-23-16-21(17-28(37-4-2)29(23)38-20-24-8-11-25(31)18-27(24)32)19-33-34-30(36)22-9-12-26(13-10-22)35-14-5-6-15-35/h3,8-13,16-19H,1,4-7,14-15,20H2,2H3,(H,34,36)/b33-19-. The molecular formula is C30H31Cl2N3O3. The van der Waals surface area contributed by atoms with E-state index >= 15 is 0 Å². The summed E-state index contributed by atoms with van der Waals surface area (Å²) in [5.41, 5.74) is 6.75. The average Bonchev–Trinajstić information content (AvgIpc) is 3.45. The Kier molecular flexibility index (Phi) is 9.68. The minimum Gasteiger partial charge on any atom is -0.490 e. The van der Waals surface area contributed by atoms with Crippen LogP contribution in [0.15, 0.2) is 72.4 Å². The van der Waals surface area contributed by atoms with Crippen LogP contribution in [0.3, 0.4) is 0 Å². The third-order valence-corrected chi connectivity index (χ3v) is 6.77. The molecule has 0 atom stereocenters. The van der Waals surface area contributed by atoms with E-state index in [0.717, 1.165) is 35.5 Å². The summed E-state index contributed by atoms with van der Waals surface area (Å²) in [7, 11) is 0. The fourth-order valence-corrected chi connectivity index (χ4v) is 4.77. The van der Waals surface area contributed by atoms with Gasteiger partial charge in [0.2, 0.25) is 0 Å². The van der Waals surface area contributed by atoms with Gasteiger partial charge in [-0.2, -0.15) is 5.10 Å². The van der Waals surface area contributed by atoms with E-state index in [9.17, 15) is 4.79 Å². The highest BCUT2D eigenvalue weighted by molar-refractivity contribution is 6.35. The largest absolute Gasteiger partial charge is 0.490 e. The first-order valence-corrected chi connectivity index (χ1v) is 13.4. The second kappa shape index (κ2) is 13.4. The summed E-state index contributed by atoms with van der Waals surface area (Å²) >= 11 is 12.3. The van der Waals surface area contributed by atoms with Gasteiger partial charge in [0.15, 0.2) is 11.5 Å². The molecule has 0 saturated carbocycles. The maximum absolute atomic E-state index is 12.6. The van der Waals surface area contributed by atoms with Crippen LogP contribution < -0.4 is 19.8 Å². The van der Waals surface area contributed by atoms with Crippen molar-refractivity contribution in [2.45, 2.75) is 32.8 Å². The van der Waals surface area contributed by atoms with Crippen LogP contribution >= 0.6 is 23.2 Å². The first kappa shape index (κ1) is 27.6. The Morgan fingerprint density at radius 1 is 1.05 bits per heavy atom. The van der Waals surface area contributed by atoms with Gasteiger partial charge >= 0.3 is 0 Å². The van der Waals surface area contributed by atoms with E-state index in [2.05, 4.69) is 22.0 Å². The van der Waals surface area contributed by atoms with Gasteiger partial charge in [0.25, 0.3) is 5.91 Å². The Labute approximate surface area is 233 Å². The number of rotatable bonds is 11. The Morgan fingerprint density at radius 2 is 1.82 bits per heavy atom. The lowest BCUT2D eigenvalue weighted by atomic mass is 10.1. The summed E-state index contributed by atoms with van der Waals surface area (Å²) in [4.78, 5) is 14.9. The van der Waals surface area contributed by atoms with Crippen molar-refractivity contribution in [3.05, 3.63) is 99.6 Å². The van der Waals surface area contributed by atoms with Gasteiger partial charge in [0.1, 0.15) is 6.61 Å². The molecule has 6 nitrogen and oxygen atoms in total. The van der Waals surface area contributed by atoms with Gasteiger partial charge in [-0.25, -0.2) is 5.43 Å². The van der Waals surface area contributed by atoms with Crippen molar-refractivity contribution in [1.29, 1.82) is 0 Å². The lowest BCUT2D eigenvalue weighted by molar-refractivity contribution is 0.0955. The predicted octanol–water partition coefficient (Wildman–Crippen LogP) is 7.06. The molecule has 8 heteroatoms. The van der Waals surface area contributed by atoms with Crippen LogP contribution in [-0.2, 0) is 13.0 Å². The molecule has 0 aromatic heterocycles. The van der Waals surface area contributed by atoms with Crippen molar-refractivity contribution in [2.24, 2.45) is 5.10 Å². The van der Waals surface area contributed by atoms with Crippen molar-refractivity contribution in [3.8, 4) is 11.5 Å². The third kappa shape index (κ3) is 7.09. The number of amides is 1. The van der Waals surface area contributed by atoms with Crippen LogP contribution in [0.1, 0.15) is 46.8 Å². The van der Waals surface area contributed by atoms with Crippen molar-refractivity contribution < 1.29 is 14.3 Å². The minimum atomic E-state index is -0.273. The van der Waals surface area contributed by atoms with E-state index < -0.39 is 0 Å². The van der Waals surface area contributed by atoms with Crippen molar-refractivity contribution >= 4 is 41.0 Å². The monoisotopic (exact) mass is 551 g/mol. The van der Waals surface area contributed by atoms with E-state index in [1.54, 1.807) is 24.4 Å². The zero-order valence-corrected chi connectivity index (χ0v) is 22.9. The van der Waals surface area contributed by atoms with Gasteiger partial charge in [-0.15, -0.1) is 6.58 Å². The van der Waals surface area contributed by atoms with Gasteiger partial charge in [-0.1, -0.05) is 35.3 Å². The number of nitrogens with zero attached hydrogens (tertiary/aromatic N) is 2. The highest BCUT2D eigenvalue weighted by atomic mass is 35.5. The predicted molar refractivity (Wildman–Crippen MR) is 155 cm³/mol. The third-order valence-electron chi connectivity index (χ3n) is 6.19. The maximum Gasteiger partial charge on any atom is 0.271 e. The van der Waals surface area contributed by atoms with E-state index in [-0.39, 0.29) is 12.5 Å². The van der Waals surface area contributed by atoms with E-state index in [1.165, 1.54) is 12.8 Å². The molecule has 1 fully saturated rings. The molecule has 0 radical (unpaired) electrons. The number of anilines is 1. The molecule has 1 saturated heterocycles. The smallest absolute Gasteiger partial charge is 0.271 e. The summed E-state index contributed by atoms with van der Waals surface area (Å²) < 4.78 is 12.1. The number of carbonyl (C=O) groups excluding carboxylic acids is 1. The minimum absolute atomic E-state index is 0.250. The van der Waals surface area contributed by atoms with Gasteiger partial charge in [-0.3, -0.25) is 4.79 Å².